The molecule has 0 aliphatic carbocycles. The predicted molar refractivity (Wildman–Crippen MR) is 68.2 cm³/mol. The van der Waals surface area contributed by atoms with Gasteiger partial charge in [-0.2, -0.15) is 0 Å². The van der Waals surface area contributed by atoms with Gasteiger partial charge in [0.25, 0.3) is 0 Å². The van der Waals surface area contributed by atoms with Crippen LogP contribution in [0.2, 0.25) is 0 Å². The van der Waals surface area contributed by atoms with Crippen molar-refractivity contribution in [3.63, 3.8) is 0 Å². The third kappa shape index (κ3) is 4.44. The number of hydrogen-bond donors (Lipinski definition) is 3. The fraction of sp³-hybridized carbons (Fsp3) is 0. The van der Waals surface area contributed by atoms with Crippen molar-refractivity contribution in [2.45, 2.75) is 0 Å². The zero-order valence-corrected chi connectivity index (χ0v) is 10.6. The van der Waals surface area contributed by atoms with E-state index in [1.165, 1.54) is 0 Å². The molecule has 0 aliphatic rings. The summed E-state index contributed by atoms with van der Waals surface area (Å²) in [6.45, 7) is 0. The van der Waals surface area contributed by atoms with Crippen LogP contribution in [0.4, 0.5) is 5.69 Å². The van der Waals surface area contributed by atoms with E-state index in [0.717, 1.165) is 10.2 Å². The van der Waals surface area contributed by atoms with Crippen molar-refractivity contribution in [1.29, 1.82) is 0 Å². The first-order valence-electron chi connectivity index (χ1n) is 3.28. The minimum Gasteiger partial charge on any atom is -0.369 e. The topological polar surface area (TPSA) is 76.4 Å². The molecule has 1 aromatic rings. The second-order valence-electron chi connectivity index (χ2n) is 2.12. The summed E-state index contributed by atoms with van der Waals surface area (Å²) in [5.41, 5.74) is 8.35. The number of nitrogens with two attached hydrogens (primary N) is 2. The Bertz CT molecular complexity index is 285. The summed E-state index contributed by atoms with van der Waals surface area (Å²) in [5.74, 6) is 5.23. The van der Waals surface area contributed by atoms with E-state index in [9.17, 15) is 0 Å². The van der Waals surface area contributed by atoms with Gasteiger partial charge >= 0.3 is 0 Å². The number of hydrazine groups is 1. The first-order valence-corrected chi connectivity index (χ1v) is 4.08. The highest BCUT2D eigenvalue weighted by Gasteiger charge is 1.90. The fourth-order valence-corrected chi connectivity index (χ4v) is 0.951. The molecule has 0 heterocycles. The molecule has 13 heavy (non-hydrogen) atoms. The van der Waals surface area contributed by atoms with Crippen LogP contribution in [-0.4, -0.2) is 5.96 Å². The average molecular weight is 357 g/mol. The van der Waals surface area contributed by atoms with Crippen molar-refractivity contribution in [1.82, 2.24) is 5.43 Å². The lowest BCUT2D eigenvalue weighted by atomic mass is 10.3. The molecule has 5 N–H and O–H groups in total. The molecule has 0 atom stereocenters. The van der Waals surface area contributed by atoms with E-state index in [0.29, 0.717) is 0 Å². The molecule has 0 bridgehead atoms. The third-order valence-corrected chi connectivity index (χ3v) is 1.75. The van der Waals surface area contributed by atoms with Crippen molar-refractivity contribution >= 4 is 51.6 Å². The molecule has 0 saturated carbocycles. The van der Waals surface area contributed by atoms with Crippen molar-refractivity contribution < 1.29 is 0 Å². The van der Waals surface area contributed by atoms with Gasteiger partial charge in [-0.15, -0.1) is 24.0 Å². The molecule has 72 valence electrons. The van der Waals surface area contributed by atoms with Crippen molar-refractivity contribution in [3.8, 4) is 0 Å². The summed E-state index contributed by atoms with van der Waals surface area (Å²) in [5, 5.41) is 0. The molecule has 0 spiro atoms. The van der Waals surface area contributed by atoms with Gasteiger partial charge < -0.3 is 5.73 Å². The van der Waals surface area contributed by atoms with Crippen LogP contribution in [0.3, 0.4) is 0 Å². The van der Waals surface area contributed by atoms with Gasteiger partial charge in [0.05, 0.1) is 5.69 Å². The maximum absolute atomic E-state index is 5.35. The van der Waals surface area contributed by atoms with Crippen LogP contribution >= 0.6 is 39.9 Å². The zero-order valence-electron chi connectivity index (χ0n) is 6.70. The van der Waals surface area contributed by atoms with Gasteiger partial charge in [0, 0.05) is 4.47 Å². The Balaban J connectivity index is 0.00000144. The number of nitrogens with zero attached hydrogens (tertiary/aromatic N) is 1. The molecule has 0 aliphatic heterocycles. The maximum Gasteiger partial charge on any atom is 0.208 e. The number of benzene rings is 1. The second-order valence-corrected chi connectivity index (χ2v) is 3.03. The summed E-state index contributed by atoms with van der Waals surface area (Å²) in [7, 11) is 0. The largest absolute Gasteiger partial charge is 0.369 e. The number of guanidine groups is 1. The number of hydrogen-bond acceptors (Lipinski definition) is 2. The second kappa shape index (κ2) is 6.17. The highest BCUT2D eigenvalue weighted by atomic mass is 127. The highest BCUT2D eigenvalue weighted by molar-refractivity contribution is 14.0. The van der Waals surface area contributed by atoms with Gasteiger partial charge in [0.2, 0.25) is 5.96 Å². The SMILES string of the molecule is I.NNC(N)=Nc1ccc(Br)cc1. The van der Waals surface area contributed by atoms with Gasteiger partial charge in [-0.1, -0.05) is 15.9 Å². The van der Waals surface area contributed by atoms with E-state index in [4.69, 9.17) is 11.6 Å². The Morgan fingerprint density at radius 2 is 1.85 bits per heavy atom. The highest BCUT2D eigenvalue weighted by Crippen LogP contribution is 2.16. The smallest absolute Gasteiger partial charge is 0.208 e. The van der Waals surface area contributed by atoms with E-state index < -0.39 is 0 Å². The molecule has 0 aromatic heterocycles. The molecular weight excluding hydrogens is 347 g/mol. The fourth-order valence-electron chi connectivity index (χ4n) is 0.687. The number of rotatable bonds is 1. The molecule has 0 unspecified atom stereocenters. The minimum atomic E-state index is 0. The van der Waals surface area contributed by atoms with E-state index in [2.05, 4.69) is 26.3 Å². The Hall–Kier alpha value is -0.340. The van der Waals surface area contributed by atoms with Gasteiger partial charge in [-0.05, 0) is 24.3 Å². The lowest BCUT2D eigenvalue weighted by molar-refractivity contribution is 1.01. The molecule has 0 amide bonds. The molecule has 0 fully saturated rings. The lowest BCUT2D eigenvalue weighted by Crippen LogP contribution is -2.36. The van der Waals surface area contributed by atoms with E-state index in [-0.39, 0.29) is 29.9 Å². The normalized spacial score (nSPS) is 10.5. The molecule has 4 nitrogen and oxygen atoms in total. The summed E-state index contributed by atoms with van der Waals surface area (Å²) in [4.78, 5) is 3.96. The lowest BCUT2D eigenvalue weighted by Gasteiger charge is -1.97. The van der Waals surface area contributed by atoms with E-state index in [1.54, 1.807) is 0 Å². The first kappa shape index (κ1) is 12.7. The predicted octanol–water partition coefficient (Wildman–Crippen LogP) is 1.48. The van der Waals surface area contributed by atoms with Crippen LogP contribution in [-0.2, 0) is 0 Å². The summed E-state index contributed by atoms with van der Waals surface area (Å²) < 4.78 is 1.00. The zero-order chi connectivity index (χ0) is 8.97. The van der Waals surface area contributed by atoms with Gasteiger partial charge in [0.1, 0.15) is 0 Å². The molecule has 0 radical (unpaired) electrons. The Morgan fingerprint density at radius 1 is 1.31 bits per heavy atom. The molecule has 1 rings (SSSR count). The van der Waals surface area contributed by atoms with E-state index in [1.807, 2.05) is 24.3 Å². The summed E-state index contributed by atoms with van der Waals surface area (Å²) >= 11 is 3.31. The minimum absolute atomic E-state index is 0. The Kier molecular flexibility index (Phi) is 6.00. The van der Waals surface area contributed by atoms with Crippen molar-refractivity contribution in [2.24, 2.45) is 16.6 Å². The van der Waals surface area contributed by atoms with Gasteiger partial charge in [-0.25, -0.2) is 10.8 Å². The third-order valence-electron chi connectivity index (χ3n) is 1.22. The first-order chi connectivity index (χ1) is 5.72. The molecule has 1 aromatic carbocycles. The van der Waals surface area contributed by atoms with Crippen LogP contribution in [0.25, 0.3) is 0 Å². The Morgan fingerprint density at radius 3 is 2.31 bits per heavy atom. The standard InChI is InChI=1S/C7H9BrN4.HI/c8-5-1-3-6(4-2-5)11-7(9)12-10;/h1-4H,10H2,(H3,9,11,12);1H. The Labute approximate surface area is 102 Å². The van der Waals surface area contributed by atoms with Crippen LogP contribution < -0.4 is 17.0 Å². The number of nitrogens with one attached hydrogen (secondary N) is 1. The van der Waals surface area contributed by atoms with Crippen LogP contribution in [0.15, 0.2) is 33.7 Å². The average Bonchev–Trinajstić information content (AvgIpc) is 2.09. The number of aliphatic imine (C=N–C) groups is 1. The molecule has 6 heteroatoms. The van der Waals surface area contributed by atoms with Crippen molar-refractivity contribution in [3.05, 3.63) is 28.7 Å². The number of halogens is 2. The molecule has 0 saturated heterocycles. The van der Waals surface area contributed by atoms with Crippen LogP contribution in [0, 0.1) is 0 Å². The summed E-state index contributed by atoms with van der Waals surface area (Å²) in [6.07, 6.45) is 0. The van der Waals surface area contributed by atoms with Gasteiger partial charge in [-0.3, -0.25) is 5.43 Å². The van der Waals surface area contributed by atoms with Crippen molar-refractivity contribution in [2.75, 3.05) is 0 Å². The van der Waals surface area contributed by atoms with E-state index >= 15 is 0 Å². The maximum atomic E-state index is 5.35. The molecular formula is C7H10BrIN4. The monoisotopic (exact) mass is 356 g/mol. The van der Waals surface area contributed by atoms with Crippen LogP contribution in [0.5, 0.6) is 0 Å². The quantitative estimate of drug-likeness (QED) is 0.234. The summed E-state index contributed by atoms with van der Waals surface area (Å²) in [6, 6.07) is 7.41. The van der Waals surface area contributed by atoms with Gasteiger partial charge in [0.15, 0.2) is 0 Å². The van der Waals surface area contributed by atoms with Crippen LogP contribution in [0.1, 0.15) is 0 Å².